The Labute approximate surface area is 123 Å². The highest BCUT2D eigenvalue weighted by Gasteiger charge is 2.04. The van der Waals surface area contributed by atoms with E-state index in [2.05, 4.69) is 22.3 Å². The first-order valence-corrected chi connectivity index (χ1v) is 6.61. The van der Waals surface area contributed by atoms with E-state index in [0.717, 1.165) is 11.3 Å². The van der Waals surface area contributed by atoms with E-state index in [-0.39, 0.29) is 19.1 Å². The van der Waals surface area contributed by atoms with Crippen LogP contribution in [0.3, 0.4) is 0 Å². The molecule has 1 aromatic carbocycles. The predicted molar refractivity (Wildman–Crippen MR) is 81.8 cm³/mol. The molecular weight excluding hydrogens is 268 g/mol. The molecule has 6 heteroatoms. The summed E-state index contributed by atoms with van der Waals surface area (Å²) in [4.78, 5) is 11.7. The number of hydrogen-bond acceptors (Lipinski definition) is 4. The van der Waals surface area contributed by atoms with Crippen LogP contribution in [0.15, 0.2) is 43.2 Å². The molecule has 0 fully saturated rings. The third-order valence-corrected chi connectivity index (χ3v) is 2.88. The molecule has 0 bridgehead atoms. The van der Waals surface area contributed by atoms with E-state index < -0.39 is 0 Å². The molecule has 3 N–H and O–H groups in total. The first kappa shape index (κ1) is 14.8. The van der Waals surface area contributed by atoms with Gasteiger partial charge in [0, 0.05) is 42.3 Å². The minimum Gasteiger partial charge on any atom is -0.395 e. The van der Waals surface area contributed by atoms with Gasteiger partial charge in [-0.25, -0.2) is 4.68 Å². The van der Waals surface area contributed by atoms with Gasteiger partial charge >= 0.3 is 0 Å². The van der Waals surface area contributed by atoms with E-state index in [1.54, 1.807) is 29.2 Å². The van der Waals surface area contributed by atoms with Crippen molar-refractivity contribution in [3.63, 3.8) is 0 Å². The molecule has 0 spiro atoms. The third kappa shape index (κ3) is 4.19. The van der Waals surface area contributed by atoms with Gasteiger partial charge in [0.1, 0.15) is 0 Å². The Bertz CT molecular complexity index is 604. The van der Waals surface area contributed by atoms with E-state index in [9.17, 15) is 4.79 Å². The molecule has 1 aromatic heterocycles. The molecule has 21 heavy (non-hydrogen) atoms. The average molecular weight is 286 g/mol. The smallest absolute Gasteiger partial charge is 0.251 e. The summed E-state index contributed by atoms with van der Waals surface area (Å²) in [5.41, 5.74) is 2.52. The summed E-state index contributed by atoms with van der Waals surface area (Å²) >= 11 is 0. The minimum atomic E-state index is -0.192. The summed E-state index contributed by atoms with van der Waals surface area (Å²) in [6.07, 6.45) is 5.28. The molecule has 110 valence electrons. The molecule has 0 aliphatic heterocycles. The van der Waals surface area contributed by atoms with Gasteiger partial charge in [0.2, 0.25) is 0 Å². The molecule has 1 heterocycles. The van der Waals surface area contributed by atoms with Gasteiger partial charge in [-0.1, -0.05) is 6.58 Å². The van der Waals surface area contributed by atoms with Crippen molar-refractivity contribution >= 4 is 17.8 Å². The summed E-state index contributed by atoms with van der Waals surface area (Å²) in [5.74, 6) is -0.192. The third-order valence-electron chi connectivity index (χ3n) is 2.88. The summed E-state index contributed by atoms with van der Waals surface area (Å²) in [6.45, 7) is 4.47. The Morgan fingerprint density at radius 1 is 1.38 bits per heavy atom. The van der Waals surface area contributed by atoms with Crippen LogP contribution in [0.25, 0.3) is 6.20 Å². The van der Waals surface area contributed by atoms with Crippen LogP contribution in [-0.2, 0) is 6.54 Å². The fourth-order valence-electron chi connectivity index (χ4n) is 1.78. The van der Waals surface area contributed by atoms with Gasteiger partial charge in [-0.3, -0.25) is 4.79 Å². The van der Waals surface area contributed by atoms with Gasteiger partial charge in [0.05, 0.1) is 12.8 Å². The van der Waals surface area contributed by atoms with Crippen molar-refractivity contribution < 1.29 is 9.90 Å². The normalized spacial score (nSPS) is 10.1. The number of carbonyl (C=O) groups excluding carboxylic acids is 1. The highest BCUT2D eigenvalue weighted by atomic mass is 16.3. The predicted octanol–water partition coefficient (Wildman–Crippen LogP) is 1.32. The molecule has 0 aliphatic carbocycles. The summed E-state index contributed by atoms with van der Waals surface area (Å²) in [6, 6.07) is 7.15. The zero-order valence-electron chi connectivity index (χ0n) is 11.6. The van der Waals surface area contributed by atoms with Gasteiger partial charge < -0.3 is 15.7 Å². The number of aromatic nitrogens is 2. The van der Waals surface area contributed by atoms with Crippen LogP contribution in [0.1, 0.15) is 15.9 Å². The fraction of sp³-hybridized carbons (Fsp3) is 0.200. The Kier molecular flexibility index (Phi) is 5.11. The van der Waals surface area contributed by atoms with Gasteiger partial charge in [-0.05, 0) is 24.3 Å². The molecule has 0 saturated carbocycles. The van der Waals surface area contributed by atoms with Gasteiger partial charge in [0.15, 0.2) is 0 Å². The van der Waals surface area contributed by atoms with E-state index in [1.807, 2.05) is 18.3 Å². The van der Waals surface area contributed by atoms with Crippen LogP contribution in [0.4, 0.5) is 5.69 Å². The SMILES string of the molecule is C=Cn1cc(CNc2ccc(C(=O)NCCO)cc2)cn1. The number of nitrogens with one attached hydrogen (secondary N) is 2. The largest absolute Gasteiger partial charge is 0.395 e. The van der Waals surface area contributed by atoms with Crippen molar-refractivity contribution in [2.75, 3.05) is 18.5 Å². The van der Waals surface area contributed by atoms with Crippen molar-refractivity contribution in [1.29, 1.82) is 0 Å². The number of amides is 1. The van der Waals surface area contributed by atoms with Crippen molar-refractivity contribution in [3.05, 3.63) is 54.4 Å². The zero-order chi connectivity index (χ0) is 15.1. The number of nitrogens with zero attached hydrogens (tertiary/aromatic N) is 2. The molecule has 0 unspecified atom stereocenters. The molecule has 0 saturated heterocycles. The number of carbonyl (C=O) groups is 1. The lowest BCUT2D eigenvalue weighted by molar-refractivity contribution is 0.0945. The highest BCUT2D eigenvalue weighted by Crippen LogP contribution is 2.11. The van der Waals surface area contributed by atoms with Crippen molar-refractivity contribution in [1.82, 2.24) is 15.1 Å². The van der Waals surface area contributed by atoms with Gasteiger partial charge in [-0.2, -0.15) is 5.10 Å². The molecular formula is C15H18N4O2. The van der Waals surface area contributed by atoms with Crippen LogP contribution >= 0.6 is 0 Å². The fourth-order valence-corrected chi connectivity index (χ4v) is 1.78. The number of rotatable bonds is 7. The molecule has 1 amide bonds. The summed E-state index contributed by atoms with van der Waals surface area (Å²) in [7, 11) is 0. The van der Waals surface area contributed by atoms with E-state index in [1.165, 1.54) is 0 Å². The van der Waals surface area contributed by atoms with Crippen LogP contribution in [0.5, 0.6) is 0 Å². The summed E-state index contributed by atoms with van der Waals surface area (Å²) < 4.78 is 1.64. The maximum atomic E-state index is 11.7. The van der Waals surface area contributed by atoms with E-state index >= 15 is 0 Å². The molecule has 0 aliphatic rings. The quantitative estimate of drug-likeness (QED) is 0.717. The Hall–Kier alpha value is -2.60. The number of aliphatic hydroxyl groups excluding tert-OH is 1. The van der Waals surface area contributed by atoms with E-state index in [0.29, 0.717) is 12.1 Å². The number of hydrogen-bond donors (Lipinski definition) is 3. The molecule has 0 radical (unpaired) electrons. The van der Waals surface area contributed by atoms with Crippen LogP contribution < -0.4 is 10.6 Å². The first-order chi connectivity index (χ1) is 10.2. The van der Waals surface area contributed by atoms with Crippen LogP contribution in [0, 0.1) is 0 Å². The molecule has 0 atom stereocenters. The lowest BCUT2D eigenvalue weighted by atomic mass is 10.2. The molecule has 2 rings (SSSR count). The Morgan fingerprint density at radius 3 is 2.76 bits per heavy atom. The number of aliphatic hydroxyl groups is 1. The number of anilines is 1. The second-order valence-corrected chi connectivity index (χ2v) is 4.42. The van der Waals surface area contributed by atoms with Gasteiger partial charge in [-0.15, -0.1) is 0 Å². The minimum absolute atomic E-state index is 0.0657. The standard InChI is InChI=1S/C15H18N4O2/c1-2-19-11-12(10-18-19)9-17-14-5-3-13(4-6-14)15(21)16-7-8-20/h2-6,10-11,17,20H,1,7-9H2,(H,16,21). The van der Waals surface area contributed by atoms with E-state index in [4.69, 9.17) is 5.11 Å². The maximum Gasteiger partial charge on any atom is 0.251 e. The second kappa shape index (κ2) is 7.25. The lowest BCUT2D eigenvalue weighted by Gasteiger charge is -2.07. The van der Waals surface area contributed by atoms with Gasteiger partial charge in [0.25, 0.3) is 5.91 Å². The van der Waals surface area contributed by atoms with Crippen LogP contribution in [-0.4, -0.2) is 33.9 Å². The zero-order valence-corrected chi connectivity index (χ0v) is 11.6. The van der Waals surface area contributed by atoms with Crippen molar-refractivity contribution in [2.45, 2.75) is 6.54 Å². The average Bonchev–Trinajstić information content (AvgIpc) is 2.99. The highest BCUT2D eigenvalue weighted by molar-refractivity contribution is 5.94. The monoisotopic (exact) mass is 286 g/mol. The second-order valence-electron chi connectivity index (χ2n) is 4.42. The topological polar surface area (TPSA) is 79.2 Å². The lowest BCUT2D eigenvalue weighted by Crippen LogP contribution is -2.26. The number of benzene rings is 1. The van der Waals surface area contributed by atoms with Crippen LogP contribution in [0.2, 0.25) is 0 Å². The molecule has 6 nitrogen and oxygen atoms in total. The maximum absolute atomic E-state index is 11.7. The first-order valence-electron chi connectivity index (χ1n) is 6.61. The summed E-state index contributed by atoms with van der Waals surface area (Å²) in [5, 5.41) is 18.6. The molecule has 2 aromatic rings. The Balaban J connectivity index is 1.90. The Morgan fingerprint density at radius 2 is 2.14 bits per heavy atom. The van der Waals surface area contributed by atoms with Crippen molar-refractivity contribution in [3.8, 4) is 0 Å². The van der Waals surface area contributed by atoms with Crippen molar-refractivity contribution in [2.24, 2.45) is 0 Å².